The van der Waals surface area contributed by atoms with Crippen molar-refractivity contribution in [2.24, 2.45) is 5.92 Å². The second-order valence-corrected chi connectivity index (χ2v) is 7.10. The van der Waals surface area contributed by atoms with Gasteiger partial charge in [0.1, 0.15) is 0 Å². The quantitative estimate of drug-likeness (QED) is 0.841. The van der Waals surface area contributed by atoms with Crippen LogP contribution in [0.3, 0.4) is 0 Å². The minimum atomic E-state index is 0.257. The van der Waals surface area contributed by atoms with E-state index >= 15 is 0 Å². The van der Waals surface area contributed by atoms with Gasteiger partial charge in [-0.2, -0.15) is 0 Å². The summed E-state index contributed by atoms with van der Waals surface area (Å²) in [6.45, 7) is 5.73. The Bertz CT molecular complexity index is 821. The Morgan fingerprint density at radius 1 is 1.16 bits per heavy atom. The fourth-order valence-electron chi connectivity index (χ4n) is 4.07. The number of nitrogens with zero attached hydrogens (tertiary/aromatic N) is 5. The lowest BCUT2D eigenvalue weighted by Gasteiger charge is -2.36. The molecule has 0 unspecified atom stereocenters. The molecule has 2 atom stereocenters. The second kappa shape index (κ2) is 6.10. The molecule has 2 aromatic heterocycles. The number of carbonyl (C=O) groups excluding carboxylic acids is 1. The predicted octanol–water partition coefficient (Wildman–Crippen LogP) is 2.21. The molecule has 0 radical (unpaired) electrons. The van der Waals surface area contributed by atoms with Gasteiger partial charge in [-0.15, -0.1) is 0 Å². The Labute approximate surface area is 147 Å². The average molecular weight is 337 g/mol. The van der Waals surface area contributed by atoms with Gasteiger partial charge in [0.2, 0.25) is 11.9 Å². The Kier molecular flexibility index (Phi) is 3.90. The minimum absolute atomic E-state index is 0.257. The fourth-order valence-corrected chi connectivity index (χ4v) is 4.07. The number of hydrogen-bond donors (Lipinski definition) is 0. The summed E-state index contributed by atoms with van der Waals surface area (Å²) < 4.78 is 0. The van der Waals surface area contributed by atoms with E-state index in [1.165, 1.54) is 0 Å². The van der Waals surface area contributed by atoms with Gasteiger partial charge in [0.25, 0.3) is 0 Å². The molecule has 6 heteroatoms. The van der Waals surface area contributed by atoms with Crippen LogP contribution in [0.4, 0.5) is 5.95 Å². The molecule has 130 valence electrons. The van der Waals surface area contributed by atoms with E-state index < -0.39 is 0 Å². The lowest BCUT2D eigenvalue weighted by atomic mass is 9.93. The van der Waals surface area contributed by atoms with Gasteiger partial charge in [0.05, 0.1) is 5.69 Å². The highest BCUT2D eigenvalue weighted by Gasteiger charge is 2.41. The molecule has 0 aromatic carbocycles. The van der Waals surface area contributed by atoms with E-state index in [0.717, 1.165) is 48.1 Å². The van der Waals surface area contributed by atoms with Crippen LogP contribution in [0, 0.1) is 19.8 Å². The maximum Gasteiger partial charge on any atom is 0.225 e. The molecule has 25 heavy (non-hydrogen) atoms. The van der Waals surface area contributed by atoms with E-state index in [4.69, 9.17) is 4.98 Å². The van der Waals surface area contributed by atoms with Crippen LogP contribution < -0.4 is 4.90 Å². The van der Waals surface area contributed by atoms with Crippen molar-refractivity contribution < 1.29 is 4.79 Å². The molecule has 2 aromatic rings. The predicted molar refractivity (Wildman–Crippen MR) is 96.2 cm³/mol. The summed E-state index contributed by atoms with van der Waals surface area (Å²) in [4.78, 5) is 29.9. The topological polar surface area (TPSA) is 62.2 Å². The molecule has 0 N–H and O–H groups in total. The molecule has 2 saturated heterocycles. The van der Waals surface area contributed by atoms with Gasteiger partial charge in [0, 0.05) is 61.7 Å². The van der Waals surface area contributed by atoms with E-state index in [0.29, 0.717) is 18.4 Å². The Morgan fingerprint density at radius 3 is 2.80 bits per heavy atom. The Balaban J connectivity index is 1.59. The third-order valence-corrected chi connectivity index (χ3v) is 5.45. The van der Waals surface area contributed by atoms with Crippen LogP contribution in [0.2, 0.25) is 0 Å². The lowest BCUT2D eigenvalue weighted by Crippen LogP contribution is -2.45. The van der Waals surface area contributed by atoms with Crippen LogP contribution in [0.25, 0.3) is 11.3 Å². The van der Waals surface area contributed by atoms with Crippen molar-refractivity contribution in [3.63, 3.8) is 0 Å². The molecule has 2 aliphatic rings. The fraction of sp³-hybridized carbons (Fsp3) is 0.474. The number of aryl methyl sites for hydroxylation is 2. The first kappa shape index (κ1) is 16.0. The normalized spacial score (nSPS) is 23.1. The number of amides is 1. The van der Waals surface area contributed by atoms with Gasteiger partial charge in [-0.25, -0.2) is 9.97 Å². The molecule has 6 nitrogen and oxygen atoms in total. The van der Waals surface area contributed by atoms with Crippen LogP contribution in [0.1, 0.15) is 24.2 Å². The molecule has 1 amide bonds. The van der Waals surface area contributed by atoms with Crippen molar-refractivity contribution in [3.05, 3.63) is 35.8 Å². The number of piperidine rings is 1. The van der Waals surface area contributed by atoms with Crippen LogP contribution in [0.15, 0.2) is 24.4 Å². The number of rotatable bonds is 2. The summed E-state index contributed by atoms with van der Waals surface area (Å²) >= 11 is 0. The van der Waals surface area contributed by atoms with Crippen molar-refractivity contribution in [3.8, 4) is 11.3 Å². The smallest absolute Gasteiger partial charge is 0.225 e. The number of fused-ring (bicyclic) bond motifs is 1. The number of pyridine rings is 1. The maximum atomic E-state index is 12.0. The van der Waals surface area contributed by atoms with Gasteiger partial charge in [-0.05, 0) is 38.5 Å². The highest BCUT2D eigenvalue weighted by molar-refractivity contribution is 5.79. The summed E-state index contributed by atoms with van der Waals surface area (Å²) in [5, 5.41) is 0. The molecule has 2 aliphatic heterocycles. The molecule has 0 saturated carbocycles. The Morgan fingerprint density at radius 2 is 2.00 bits per heavy atom. The summed E-state index contributed by atoms with van der Waals surface area (Å²) in [6.07, 6.45) is 3.43. The van der Waals surface area contributed by atoms with Crippen LogP contribution in [0.5, 0.6) is 0 Å². The molecule has 4 rings (SSSR count). The van der Waals surface area contributed by atoms with E-state index in [1.807, 2.05) is 44.1 Å². The summed E-state index contributed by atoms with van der Waals surface area (Å²) in [7, 11) is 1.92. The largest absolute Gasteiger partial charge is 0.342 e. The highest BCUT2D eigenvalue weighted by Crippen LogP contribution is 2.32. The summed E-state index contributed by atoms with van der Waals surface area (Å²) in [5.74, 6) is 1.38. The Hall–Kier alpha value is -2.50. The van der Waals surface area contributed by atoms with Crippen LogP contribution >= 0.6 is 0 Å². The number of likely N-dealkylation sites (tertiary alicyclic amines) is 1. The van der Waals surface area contributed by atoms with Crippen LogP contribution in [-0.4, -0.2) is 51.9 Å². The standard InChI is InChI=1S/C19H23N5O/c1-12-4-5-15(13(2)21-12)16-6-8-20-19(22-16)24-9-7-17-14(11-24)10-18(25)23(17)3/h4-6,8,14,17H,7,9-11H2,1-3H3/t14-,17+/m1/s1. The van der Waals surface area contributed by atoms with Gasteiger partial charge >= 0.3 is 0 Å². The molecule has 0 spiro atoms. The first-order chi connectivity index (χ1) is 12.0. The van der Waals surface area contributed by atoms with Crippen molar-refractivity contribution in [2.75, 3.05) is 25.0 Å². The monoisotopic (exact) mass is 337 g/mol. The van der Waals surface area contributed by atoms with Crippen molar-refractivity contribution in [1.29, 1.82) is 0 Å². The minimum Gasteiger partial charge on any atom is -0.342 e. The summed E-state index contributed by atoms with van der Waals surface area (Å²) in [5.41, 5.74) is 3.93. The average Bonchev–Trinajstić information content (AvgIpc) is 2.89. The van der Waals surface area contributed by atoms with Crippen molar-refractivity contribution in [2.45, 2.75) is 32.7 Å². The SMILES string of the molecule is Cc1ccc(-c2ccnc(N3CC[C@H]4[C@H](CC(=O)N4C)C3)n2)c(C)n1. The van der Waals surface area contributed by atoms with E-state index in [9.17, 15) is 4.79 Å². The van der Waals surface area contributed by atoms with E-state index in [1.54, 1.807) is 0 Å². The summed E-state index contributed by atoms with van der Waals surface area (Å²) in [6, 6.07) is 6.38. The van der Waals surface area contributed by atoms with Gasteiger partial charge < -0.3 is 9.80 Å². The number of aromatic nitrogens is 3. The van der Waals surface area contributed by atoms with Gasteiger partial charge in [-0.1, -0.05) is 0 Å². The maximum absolute atomic E-state index is 12.0. The third-order valence-electron chi connectivity index (χ3n) is 5.45. The highest BCUT2D eigenvalue weighted by atomic mass is 16.2. The zero-order valence-corrected chi connectivity index (χ0v) is 14.9. The molecule has 0 bridgehead atoms. The molecular formula is C19H23N5O. The number of anilines is 1. The zero-order valence-electron chi connectivity index (χ0n) is 14.9. The van der Waals surface area contributed by atoms with E-state index in [2.05, 4.69) is 20.9 Å². The molecule has 4 heterocycles. The molecule has 2 fully saturated rings. The zero-order chi connectivity index (χ0) is 17.6. The number of hydrogen-bond acceptors (Lipinski definition) is 5. The molecular weight excluding hydrogens is 314 g/mol. The first-order valence-electron chi connectivity index (χ1n) is 8.81. The second-order valence-electron chi connectivity index (χ2n) is 7.10. The third kappa shape index (κ3) is 2.86. The van der Waals surface area contributed by atoms with Gasteiger partial charge in [0.15, 0.2) is 0 Å². The van der Waals surface area contributed by atoms with Gasteiger partial charge in [-0.3, -0.25) is 9.78 Å². The van der Waals surface area contributed by atoms with Crippen molar-refractivity contribution >= 4 is 11.9 Å². The van der Waals surface area contributed by atoms with E-state index in [-0.39, 0.29) is 5.91 Å². The van der Waals surface area contributed by atoms with Crippen LogP contribution in [-0.2, 0) is 4.79 Å². The van der Waals surface area contributed by atoms with Crippen molar-refractivity contribution in [1.82, 2.24) is 19.9 Å². The lowest BCUT2D eigenvalue weighted by molar-refractivity contribution is -0.127. The molecule has 0 aliphatic carbocycles. The first-order valence-corrected chi connectivity index (χ1v) is 8.81. The number of carbonyl (C=O) groups is 1.